The van der Waals surface area contributed by atoms with Gasteiger partial charge in [-0.15, -0.1) is 0 Å². The van der Waals surface area contributed by atoms with Crippen molar-refractivity contribution in [3.63, 3.8) is 0 Å². The molecule has 1 aromatic rings. The second kappa shape index (κ2) is 6.62. The lowest BCUT2D eigenvalue weighted by atomic mass is 10.0. The van der Waals surface area contributed by atoms with Gasteiger partial charge in [-0.2, -0.15) is 0 Å². The first-order chi connectivity index (χ1) is 9.15. The third-order valence-electron chi connectivity index (χ3n) is 3.35. The van der Waals surface area contributed by atoms with E-state index < -0.39 is 0 Å². The lowest BCUT2D eigenvalue weighted by Gasteiger charge is -2.18. The molecule has 0 aliphatic heterocycles. The minimum atomic E-state index is 0.0664. The van der Waals surface area contributed by atoms with E-state index >= 15 is 0 Å². The van der Waals surface area contributed by atoms with Gasteiger partial charge in [0.05, 0.1) is 13.2 Å². The summed E-state index contributed by atoms with van der Waals surface area (Å²) in [6.07, 6.45) is 3.69. The maximum absolute atomic E-state index is 6.30. The summed E-state index contributed by atoms with van der Waals surface area (Å²) in [4.78, 5) is 0. The van der Waals surface area contributed by atoms with Crippen LogP contribution in [0.25, 0.3) is 0 Å². The Morgan fingerprint density at radius 1 is 1.21 bits per heavy atom. The Balaban J connectivity index is 2.23. The lowest BCUT2D eigenvalue weighted by Crippen LogP contribution is -2.12. The predicted octanol–water partition coefficient (Wildman–Crippen LogP) is 4.05. The second-order valence-electron chi connectivity index (χ2n) is 4.97. The molecule has 4 heteroatoms. The molecule has 1 atom stereocenters. The molecule has 1 aliphatic rings. The Morgan fingerprint density at radius 2 is 1.79 bits per heavy atom. The van der Waals surface area contributed by atoms with Gasteiger partial charge in [-0.25, -0.2) is 0 Å². The molecule has 1 unspecified atom stereocenters. The molecular formula is C15H22BrNO2. The number of hydrogen-bond acceptors (Lipinski definition) is 3. The van der Waals surface area contributed by atoms with Crippen LogP contribution in [0.4, 0.5) is 0 Å². The highest BCUT2D eigenvalue weighted by atomic mass is 79.9. The number of halogens is 1. The first-order valence-corrected chi connectivity index (χ1v) is 7.79. The van der Waals surface area contributed by atoms with Crippen LogP contribution < -0.4 is 15.2 Å². The Labute approximate surface area is 123 Å². The van der Waals surface area contributed by atoms with E-state index in [0.29, 0.717) is 13.2 Å². The third-order valence-corrected chi connectivity index (χ3v) is 4.03. The Morgan fingerprint density at radius 3 is 2.32 bits per heavy atom. The predicted molar refractivity (Wildman–Crippen MR) is 80.7 cm³/mol. The number of ether oxygens (including phenoxy) is 2. The van der Waals surface area contributed by atoms with Crippen LogP contribution in [0.2, 0.25) is 0 Å². The van der Waals surface area contributed by atoms with Crippen molar-refractivity contribution in [1.29, 1.82) is 0 Å². The molecule has 1 fully saturated rings. The monoisotopic (exact) mass is 327 g/mol. The highest BCUT2D eigenvalue weighted by Crippen LogP contribution is 2.41. The summed E-state index contributed by atoms with van der Waals surface area (Å²) in [6, 6.07) is 4.05. The van der Waals surface area contributed by atoms with E-state index in [2.05, 4.69) is 15.9 Å². The van der Waals surface area contributed by atoms with Gasteiger partial charge in [0.2, 0.25) is 0 Å². The summed E-state index contributed by atoms with van der Waals surface area (Å²) in [5.74, 6) is 2.37. The van der Waals surface area contributed by atoms with Crippen molar-refractivity contribution in [1.82, 2.24) is 0 Å². The van der Waals surface area contributed by atoms with Crippen LogP contribution >= 0.6 is 15.9 Å². The largest absolute Gasteiger partial charge is 0.490 e. The molecule has 0 aromatic heterocycles. The van der Waals surface area contributed by atoms with Crippen LogP contribution in [0.1, 0.15) is 44.7 Å². The van der Waals surface area contributed by atoms with E-state index in [1.165, 1.54) is 12.8 Å². The van der Waals surface area contributed by atoms with Gasteiger partial charge in [0.1, 0.15) is 0 Å². The topological polar surface area (TPSA) is 44.5 Å². The van der Waals surface area contributed by atoms with Crippen LogP contribution in [-0.4, -0.2) is 13.2 Å². The molecule has 1 aromatic carbocycles. The summed E-state index contributed by atoms with van der Waals surface area (Å²) in [5, 5.41) is 0. The molecule has 0 radical (unpaired) electrons. The Hall–Kier alpha value is -0.740. The number of rotatable bonds is 7. The summed E-state index contributed by atoms with van der Waals surface area (Å²) in [6.45, 7) is 5.19. The maximum Gasteiger partial charge on any atom is 0.162 e. The highest BCUT2D eigenvalue weighted by molar-refractivity contribution is 9.10. The summed E-state index contributed by atoms with van der Waals surface area (Å²) in [5.41, 5.74) is 7.41. The quantitative estimate of drug-likeness (QED) is 0.821. The SMILES string of the molecule is CCOc1cc(Br)c(C(N)CC2CC2)cc1OCC. The molecule has 19 heavy (non-hydrogen) atoms. The van der Waals surface area contributed by atoms with E-state index in [9.17, 15) is 0 Å². The summed E-state index contributed by atoms with van der Waals surface area (Å²) < 4.78 is 12.3. The molecule has 2 rings (SSSR count). The van der Waals surface area contributed by atoms with Crippen LogP contribution in [0.3, 0.4) is 0 Å². The van der Waals surface area contributed by atoms with Crippen LogP contribution in [0.5, 0.6) is 11.5 Å². The molecule has 0 bridgehead atoms. The normalized spacial score (nSPS) is 16.2. The fourth-order valence-corrected chi connectivity index (χ4v) is 2.83. The van der Waals surface area contributed by atoms with Crippen molar-refractivity contribution in [2.24, 2.45) is 11.7 Å². The molecule has 2 N–H and O–H groups in total. The van der Waals surface area contributed by atoms with E-state index in [-0.39, 0.29) is 6.04 Å². The zero-order chi connectivity index (χ0) is 13.8. The van der Waals surface area contributed by atoms with E-state index in [0.717, 1.165) is 33.9 Å². The fourth-order valence-electron chi connectivity index (χ4n) is 2.21. The van der Waals surface area contributed by atoms with Crippen molar-refractivity contribution in [3.8, 4) is 11.5 Å². The van der Waals surface area contributed by atoms with Crippen LogP contribution in [-0.2, 0) is 0 Å². The van der Waals surface area contributed by atoms with E-state index in [1.54, 1.807) is 0 Å². The summed E-state index contributed by atoms with van der Waals surface area (Å²) in [7, 11) is 0. The molecule has 106 valence electrons. The summed E-state index contributed by atoms with van der Waals surface area (Å²) >= 11 is 3.60. The zero-order valence-electron chi connectivity index (χ0n) is 11.6. The Bertz CT molecular complexity index is 432. The van der Waals surface area contributed by atoms with Crippen LogP contribution in [0, 0.1) is 5.92 Å². The van der Waals surface area contributed by atoms with Gasteiger partial charge in [0.25, 0.3) is 0 Å². The molecule has 1 aliphatic carbocycles. The van der Waals surface area contributed by atoms with Gasteiger partial charge >= 0.3 is 0 Å². The minimum absolute atomic E-state index is 0.0664. The van der Waals surface area contributed by atoms with Crippen molar-refractivity contribution < 1.29 is 9.47 Å². The molecule has 0 saturated heterocycles. The third kappa shape index (κ3) is 3.86. The van der Waals surface area contributed by atoms with Crippen LogP contribution in [0.15, 0.2) is 16.6 Å². The highest BCUT2D eigenvalue weighted by Gasteiger charge is 2.26. The second-order valence-corrected chi connectivity index (χ2v) is 5.83. The van der Waals surface area contributed by atoms with Gasteiger partial charge < -0.3 is 15.2 Å². The molecule has 3 nitrogen and oxygen atoms in total. The molecule has 1 saturated carbocycles. The smallest absolute Gasteiger partial charge is 0.162 e. The molecule has 0 spiro atoms. The first-order valence-electron chi connectivity index (χ1n) is 7.00. The average molecular weight is 328 g/mol. The molecule has 0 amide bonds. The lowest BCUT2D eigenvalue weighted by molar-refractivity contribution is 0.287. The van der Waals surface area contributed by atoms with E-state index in [4.69, 9.17) is 15.2 Å². The zero-order valence-corrected chi connectivity index (χ0v) is 13.2. The van der Waals surface area contributed by atoms with Crippen molar-refractivity contribution in [2.45, 2.75) is 39.2 Å². The number of benzene rings is 1. The Kier molecular flexibility index (Phi) is 5.11. The van der Waals surface area contributed by atoms with E-state index in [1.807, 2.05) is 26.0 Å². The molecule has 0 heterocycles. The van der Waals surface area contributed by atoms with Crippen molar-refractivity contribution in [3.05, 3.63) is 22.2 Å². The maximum atomic E-state index is 6.30. The average Bonchev–Trinajstić information content (AvgIpc) is 3.16. The van der Waals surface area contributed by atoms with Gasteiger partial charge in [0, 0.05) is 10.5 Å². The van der Waals surface area contributed by atoms with Crippen molar-refractivity contribution in [2.75, 3.05) is 13.2 Å². The van der Waals surface area contributed by atoms with Gasteiger partial charge in [-0.3, -0.25) is 0 Å². The molecular weight excluding hydrogens is 306 g/mol. The van der Waals surface area contributed by atoms with Crippen molar-refractivity contribution >= 4 is 15.9 Å². The fraction of sp³-hybridized carbons (Fsp3) is 0.600. The standard InChI is InChI=1S/C15H22BrNO2/c1-3-18-14-8-11(13(17)7-10-5-6-10)12(16)9-15(14)19-4-2/h8-10,13H,3-7,17H2,1-2H3. The number of nitrogens with two attached hydrogens (primary N) is 1. The number of hydrogen-bond donors (Lipinski definition) is 1. The minimum Gasteiger partial charge on any atom is -0.490 e. The first kappa shape index (κ1) is 14.7. The van der Waals surface area contributed by atoms with Gasteiger partial charge in [-0.05, 0) is 43.9 Å². The van der Waals surface area contributed by atoms with Gasteiger partial charge in [0.15, 0.2) is 11.5 Å². The van der Waals surface area contributed by atoms with Gasteiger partial charge in [-0.1, -0.05) is 28.8 Å².